The molecule has 0 atom stereocenters. The second kappa shape index (κ2) is 13.5. The first kappa shape index (κ1) is 24.5. The molecule has 11 nitrogen and oxygen atoms in total. The fourth-order valence-corrected chi connectivity index (χ4v) is 2.80. The highest BCUT2D eigenvalue weighted by molar-refractivity contribution is 6.07. The minimum absolute atomic E-state index is 0.174. The standard InChI is InChI=1S/C20H30N4O7/c1-28-17-3-2-15(14-16(17)24-7-4-18(25)23-20(24)27)19(26)22-6-9-30-11-13-31-12-10-29-8-5-21/h2-3,14H,4-13,21H2,1H3,(H,22,26)(H,23,25,27). The van der Waals surface area contributed by atoms with Crippen molar-refractivity contribution in [1.29, 1.82) is 0 Å². The lowest BCUT2D eigenvalue weighted by atomic mass is 10.1. The van der Waals surface area contributed by atoms with E-state index < -0.39 is 6.03 Å². The van der Waals surface area contributed by atoms with Gasteiger partial charge in [0.15, 0.2) is 0 Å². The van der Waals surface area contributed by atoms with Crippen LogP contribution >= 0.6 is 0 Å². The van der Waals surface area contributed by atoms with Gasteiger partial charge in [0.1, 0.15) is 5.75 Å². The number of carbonyl (C=O) groups is 3. The van der Waals surface area contributed by atoms with E-state index >= 15 is 0 Å². The molecule has 1 fully saturated rings. The van der Waals surface area contributed by atoms with Crippen LogP contribution in [0.1, 0.15) is 16.8 Å². The predicted molar refractivity (Wildman–Crippen MR) is 112 cm³/mol. The zero-order chi connectivity index (χ0) is 22.5. The molecule has 11 heteroatoms. The maximum atomic E-state index is 12.4. The highest BCUT2D eigenvalue weighted by atomic mass is 16.5. The molecule has 1 saturated heterocycles. The summed E-state index contributed by atoms with van der Waals surface area (Å²) < 4.78 is 21.2. The first-order valence-corrected chi connectivity index (χ1v) is 10.1. The van der Waals surface area contributed by atoms with Gasteiger partial charge in [0, 0.05) is 31.6 Å². The first-order chi connectivity index (χ1) is 15.1. The number of anilines is 1. The van der Waals surface area contributed by atoms with E-state index in [1.54, 1.807) is 18.2 Å². The van der Waals surface area contributed by atoms with Crippen molar-refractivity contribution in [3.8, 4) is 5.75 Å². The van der Waals surface area contributed by atoms with E-state index in [0.717, 1.165) is 0 Å². The maximum Gasteiger partial charge on any atom is 0.328 e. The number of hydrogen-bond acceptors (Lipinski definition) is 8. The van der Waals surface area contributed by atoms with E-state index in [0.29, 0.717) is 69.7 Å². The van der Waals surface area contributed by atoms with Gasteiger partial charge in [-0.05, 0) is 18.2 Å². The van der Waals surface area contributed by atoms with Crippen LogP contribution in [0.2, 0.25) is 0 Å². The van der Waals surface area contributed by atoms with Crippen molar-refractivity contribution < 1.29 is 33.3 Å². The number of nitrogens with one attached hydrogen (secondary N) is 2. The maximum absolute atomic E-state index is 12.4. The minimum atomic E-state index is -0.548. The van der Waals surface area contributed by atoms with Crippen LogP contribution in [-0.2, 0) is 19.0 Å². The fourth-order valence-electron chi connectivity index (χ4n) is 2.80. The van der Waals surface area contributed by atoms with Crippen molar-refractivity contribution in [3.05, 3.63) is 23.8 Å². The second-order valence-electron chi connectivity index (χ2n) is 6.52. The molecular formula is C20H30N4O7. The Morgan fingerprint density at radius 2 is 1.77 bits per heavy atom. The molecule has 0 spiro atoms. The first-order valence-electron chi connectivity index (χ1n) is 10.1. The third-order valence-electron chi connectivity index (χ3n) is 4.32. The Hall–Kier alpha value is -2.73. The van der Waals surface area contributed by atoms with Crippen molar-refractivity contribution >= 4 is 23.5 Å². The molecule has 0 aliphatic carbocycles. The highest BCUT2D eigenvalue weighted by Crippen LogP contribution is 2.30. The molecular weight excluding hydrogens is 408 g/mol. The lowest BCUT2D eigenvalue weighted by Crippen LogP contribution is -2.49. The van der Waals surface area contributed by atoms with Crippen LogP contribution in [0.4, 0.5) is 10.5 Å². The SMILES string of the molecule is COc1ccc(C(=O)NCCOCCOCCOCCN)cc1N1CCC(=O)NC1=O. The molecule has 1 aromatic carbocycles. The summed E-state index contributed by atoms with van der Waals surface area (Å²) in [5, 5.41) is 5.02. The molecule has 1 heterocycles. The van der Waals surface area contributed by atoms with Crippen molar-refractivity contribution in [2.75, 3.05) is 71.3 Å². The monoisotopic (exact) mass is 438 g/mol. The Balaban J connectivity index is 1.74. The summed E-state index contributed by atoms with van der Waals surface area (Å²) in [5.74, 6) is -0.216. The Morgan fingerprint density at radius 3 is 2.42 bits per heavy atom. The van der Waals surface area contributed by atoms with Gasteiger partial charge in [-0.3, -0.25) is 19.8 Å². The molecule has 1 aliphatic heterocycles. The molecule has 31 heavy (non-hydrogen) atoms. The molecule has 1 aliphatic rings. The van der Waals surface area contributed by atoms with E-state index in [4.69, 9.17) is 24.7 Å². The fraction of sp³-hybridized carbons (Fsp3) is 0.550. The van der Waals surface area contributed by atoms with Gasteiger partial charge in [-0.15, -0.1) is 0 Å². The summed E-state index contributed by atoms with van der Waals surface area (Å²) in [5.41, 5.74) is 6.09. The smallest absolute Gasteiger partial charge is 0.328 e. The van der Waals surface area contributed by atoms with E-state index in [2.05, 4.69) is 10.6 Å². The Kier molecular flexibility index (Phi) is 10.7. The number of imide groups is 1. The molecule has 172 valence electrons. The minimum Gasteiger partial charge on any atom is -0.495 e. The number of nitrogens with zero attached hydrogens (tertiary/aromatic N) is 1. The number of hydrogen-bond donors (Lipinski definition) is 3. The van der Waals surface area contributed by atoms with Crippen LogP contribution < -0.4 is 26.0 Å². The zero-order valence-corrected chi connectivity index (χ0v) is 17.7. The number of amides is 4. The second-order valence-corrected chi connectivity index (χ2v) is 6.52. The molecule has 0 unspecified atom stereocenters. The number of carbonyl (C=O) groups excluding carboxylic acids is 3. The number of benzene rings is 1. The number of urea groups is 1. The van der Waals surface area contributed by atoms with Gasteiger partial charge in [0.05, 0.1) is 52.4 Å². The molecule has 4 N–H and O–H groups in total. The molecule has 1 aromatic rings. The van der Waals surface area contributed by atoms with Gasteiger partial charge < -0.3 is 30.0 Å². The van der Waals surface area contributed by atoms with Crippen LogP contribution in [-0.4, -0.2) is 84.2 Å². The molecule has 0 aromatic heterocycles. The summed E-state index contributed by atoms with van der Waals surface area (Å²) in [6.07, 6.45) is 0.174. The predicted octanol–water partition coefficient (Wildman–Crippen LogP) is -0.120. The van der Waals surface area contributed by atoms with Crippen molar-refractivity contribution in [3.63, 3.8) is 0 Å². The van der Waals surface area contributed by atoms with Crippen LogP contribution in [0.15, 0.2) is 18.2 Å². The highest BCUT2D eigenvalue weighted by Gasteiger charge is 2.27. The van der Waals surface area contributed by atoms with E-state index in [1.807, 2.05) is 0 Å². The topological polar surface area (TPSA) is 141 Å². The third kappa shape index (κ3) is 8.13. The van der Waals surface area contributed by atoms with Gasteiger partial charge >= 0.3 is 6.03 Å². The van der Waals surface area contributed by atoms with Crippen LogP contribution in [0.25, 0.3) is 0 Å². The molecule has 2 rings (SSSR count). The zero-order valence-electron chi connectivity index (χ0n) is 17.7. The van der Waals surface area contributed by atoms with E-state index in [-0.39, 0.29) is 24.8 Å². The number of rotatable bonds is 14. The Labute approximate surface area is 181 Å². The summed E-state index contributed by atoms with van der Waals surface area (Å²) in [6.45, 7) is 3.67. The van der Waals surface area contributed by atoms with Crippen LogP contribution in [0, 0.1) is 0 Å². The van der Waals surface area contributed by atoms with Crippen molar-refractivity contribution in [1.82, 2.24) is 10.6 Å². The van der Waals surface area contributed by atoms with Gasteiger partial charge in [-0.25, -0.2) is 4.79 Å². The summed E-state index contributed by atoms with van der Waals surface area (Å²) in [4.78, 5) is 37.3. The number of methoxy groups -OCH3 is 1. The average molecular weight is 438 g/mol. The number of nitrogens with two attached hydrogens (primary N) is 1. The Bertz CT molecular complexity index is 744. The molecule has 4 amide bonds. The van der Waals surface area contributed by atoms with Crippen molar-refractivity contribution in [2.45, 2.75) is 6.42 Å². The van der Waals surface area contributed by atoms with Gasteiger partial charge in [-0.1, -0.05) is 0 Å². The van der Waals surface area contributed by atoms with Crippen molar-refractivity contribution in [2.24, 2.45) is 5.73 Å². The summed E-state index contributed by atoms with van der Waals surface area (Å²) in [6, 6.07) is 4.23. The summed E-state index contributed by atoms with van der Waals surface area (Å²) >= 11 is 0. The summed E-state index contributed by atoms with van der Waals surface area (Å²) in [7, 11) is 1.47. The van der Waals surface area contributed by atoms with Crippen LogP contribution in [0.3, 0.4) is 0 Å². The average Bonchev–Trinajstić information content (AvgIpc) is 2.77. The Morgan fingerprint density at radius 1 is 1.10 bits per heavy atom. The quantitative estimate of drug-likeness (QED) is 0.341. The third-order valence-corrected chi connectivity index (χ3v) is 4.32. The van der Waals surface area contributed by atoms with Gasteiger partial charge in [0.25, 0.3) is 5.91 Å². The molecule has 0 saturated carbocycles. The van der Waals surface area contributed by atoms with E-state index in [9.17, 15) is 14.4 Å². The molecule has 0 bridgehead atoms. The van der Waals surface area contributed by atoms with Crippen LogP contribution in [0.5, 0.6) is 5.75 Å². The van der Waals surface area contributed by atoms with E-state index in [1.165, 1.54) is 12.0 Å². The lowest BCUT2D eigenvalue weighted by molar-refractivity contribution is -0.120. The van der Waals surface area contributed by atoms with Gasteiger partial charge in [0.2, 0.25) is 5.91 Å². The number of ether oxygens (including phenoxy) is 4. The normalized spacial score (nSPS) is 13.8. The molecule has 0 radical (unpaired) electrons. The van der Waals surface area contributed by atoms with Gasteiger partial charge in [-0.2, -0.15) is 0 Å². The lowest BCUT2D eigenvalue weighted by Gasteiger charge is -2.28. The largest absolute Gasteiger partial charge is 0.495 e.